The van der Waals surface area contributed by atoms with Crippen LogP contribution in [-0.2, 0) is 6.54 Å². The third kappa shape index (κ3) is 2.68. The first-order chi connectivity index (χ1) is 8.70. The number of ether oxygens (including phenoxy) is 1. The summed E-state index contributed by atoms with van der Waals surface area (Å²) in [5.74, 6) is 1.27. The molecular weight excluding hydrogens is 228 g/mol. The fourth-order valence-corrected chi connectivity index (χ4v) is 1.70. The van der Waals surface area contributed by atoms with E-state index in [2.05, 4.69) is 9.97 Å². The molecule has 0 amide bonds. The highest BCUT2D eigenvalue weighted by Gasteiger charge is 2.09. The van der Waals surface area contributed by atoms with Crippen molar-refractivity contribution in [1.29, 1.82) is 0 Å². The van der Waals surface area contributed by atoms with Crippen LogP contribution in [0, 0.1) is 0 Å². The minimum atomic E-state index is 0.556. The summed E-state index contributed by atoms with van der Waals surface area (Å²) in [6.45, 7) is 0.715. The van der Waals surface area contributed by atoms with E-state index in [-0.39, 0.29) is 0 Å². The minimum absolute atomic E-state index is 0.556. The van der Waals surface area contributed by atoms with Gasteiger partial charge in [-0.2, -0.15) is 4.98 Å². The van der Waals surface area contributed by atoms with Crippen LogP contribution in [0.3, 0.4) is 0 Å². The van der Waals surface area contributed by atoms with Crippen LogP contribution in [0.2, 0.25) is 0 Å². The molecule has 0 bridgehead atoms. The molecule has 0 saturated heterocycles. The molecule has 5 heteroatoms. The van der Waals surface area contributed by atoms with Gasteiger partial charge in [0.15, 0.2) is 5.82 Å². The number of pyridine rings is 2. The Kier molecular flexibility index (Phi) is 3.62. The van der Waals surface area contributed by atoms with Gasteiger partial charge in [0, 0.05) is 32.1 Å². The van der Waals surface area contributed by atoms with Crippen molar-refractivity contribution in [3.8, 4) is 5.88 Å². The molecular formula is C13H16N4O. The first-order valence-electron chi connectivity index (χ1n) is 5.61. The number of rotatable bonds is 4. The summed E-state index contributed by atoms with van der Waals surface area (Å²) in [6, 6.07) is 7.48. The maximum atomic E-state index is 5.93. The van der Waals surface area contributed by atoms with Crippen molar-refractivity contribution < 1.29 is 4.74 Å². The molecule has 0 aliphatic heterocycles. The third-order valence-electron chi connectivity index (χ3n) is 2.62. The maximum absolute atomic E-state index is 5.93. The number of anilines is 2. The molecule has 0 saturated carbocycles. The quantitative estimate of drug-likeness (QED) is 0.886. The average Bonchev–Trinajstić information content (AvgIpc) is 2.40. The van der Waals surface area contributed by atoms with Gasteiger partial charge in [-0.1, -0.05) is 0 Å². The van der Waals surface area contributed by atoms with Gasteiger partial charge in [-0.05, 0) is 23.8 Å². The number of nitrogens with two attached hydrogens (primary N) is 1. The predicted molar refractivity (Wildman–Crippen MR) is 71.5 cm³/mol. The van der Waals surface area contributed by atoms with Gasteiger partial charge in [0.25, 0.3) is 0 Å². The third-order valence-corrected chi connectivity index (χ3v) is 2.62. The Labute approximate surface area is 106 Å². The number of aromatic nitrogens is 2. The second kappa shape index (κ2) is 5.35. The Morgan fingerprint density at radius 2 is 1.94 bits per heavy atom. The van der Waals surface area contributed by atoms with E-state index in [1.54, 1.807) is 31.6 Å². The summed E-state index contributed by atoms with van der Waals surface area (Å²) >= 11 is 0. The zero-order valence-electron chi connectivity index (χ0n) is 10.5. The van der Waals surface area contributed by atoms with E-state index < -0.39 is 0 Å². The molecule has 5 nitrogen and oxygen atoms in total. The van der Waals surface area contributed by atoms with Crippen molar-refractivity contribution in [3.63, 3.8) is 0 Å². The SMILES string of the molecule is COc1ccc(N)c(N(C)Cc2ccncc2)n1. The lowest BCUT2D eigenvalue weighted by atomic mass is 10.2. The molecule has 2 aromatic heterocycles. The van der Waals surface area contributed by atoms with E-state index in [0.29, 0.717) is 23.9 Å². The minimum Gasteiger partial charge on any atom is -0.481 e. The van der Waals surface area contributed by atoms with Crippen molar-refractivity contribution in [1.82, 2.24) is 9.97 Å². The normalized spacial score (nSPS) is 10.1. The number of hydrogen-bond donors (Lipinski definition) is 1. The number of nitrogens with zero attached hydrogens (tertiary/aromatic N) is 3. The number of methoxy groups -OCH3 is 1. The van der Waals surface area contributed by atoms with E-state index in [4.69, 9.17) is 10.5 Å². The topological polar surface area (TPSA) is 64.3 Å². The van der Waals surface area contributed by atoms with Gasteiger partial charge in [-0.3, -0.25) is 4.98 Å². The lowest BCUT2D eigenvalue weighted by molar-refractivity contribution is 0.398. The molecule has 2 rings (SSSR count). The van der Waals surface area contributed by atoms with Gasteiger partial charge in [-0.25, -0.2) is 0 Å². The fourth-order valence-electron chi connectivity index (χ4n) is 1.70. The van der Waals surface area contributed by atoms with Crippen molar-refractivity contribution in [2.45, 2.75) is 6.54 Å². The van der Waals surface area contributed by atoms with Gasteiger partial charge in [0.05, 0.1) is 12.8 Å². The van der Waals surface area contributed by atoms with Crippen molar-refractivity contribution in [2.24, 2.45) is 0 Å². The average molecular weight is 244 g/mol. The van der Waals surface area contributed by atoms with Crippen molar-refractivity contribution in [3.05, 3.63) is 42.2 Å². The standard InChI is InChI=1S/C13H16N4O/c1-17(9-10-5-7-15-8-6-10)13-11(14)3-4-12(16-13)18-2/h3-8H,9,14H2,1-2H3. The van der Waals surface area contributed by atoms with Crippen LogP contribution in [0.5, 0.6) is 5.88 Å². The van der Waals surface area contributed by atoms with Crippen LogP contribution in [0.25, 0.3) is 0 Å². The summed E-state index contributed by atoms with van der Waals surface area (Å²) in [6.07, 6.45) is 3.54. The molecule has 0 aliphatic rings. The van der Waals surface area contributed by atoms with Gasteiger partial charge < -0.3 is 15.4 Å². The molecule has 0 atom stereocenters. The Morgan fingerprint density at radius 3 is 2.61 bits per heavy atom. The summed E-state index contributed by atoms with van der Waals surface area (Å²) in [5.41, 5.74) is 7.71. The molecule has 2 heterocycles. The van der Waals surface area contributed by atoms with Crippen LogP contribution in [0.15, 0.2) is 36.7 Å². The Hall–Kier alpha value is -2.30. The van der Waals surface area contributed by atoms with E-state index in [1.165, 1.54) is 0 Å². The largest absolute Gasteiger partial charge is 0.481 e. The molecule has 0 spiro atoms. The molecule has 0 radical (unpaired) electrons. The first kappa shape index (κ1) is 12.2. The van der Waals surface area contributed by atoms with Crippen LogP contribution in [-0.4, -0.2) is 24.1 Å². The van der Waals surface area contributed by atoms with Gasteiger partial charge in [0.2, 0.25) is 5.88 Å². The highest BCUT2D eigenvalue weighted by atomic mass is 16.5. The Morgan fingerprint density at radius 1 is 1.22 bits per heavy atom. The van der Waals surface area contributed by atoms with Crippen LogP contribution in [0.4, 0.5) is 11.5 Å². The molecule has 2 aromatic rings. The first-order valence-corrected chi connectivity index (χ1v) is 5.61. The van der Waals surface area contributed by atoms with E-state index in [1.807, 2.05) is 24.1 Å². The van der Waals surface area contributed by atoms with E-state index in [9.17, 15) is 0 Å². The maximum Gasteiger partial charge on any atom is 0.215 e. The zero-order valence-corrected chi connectivity index (χ0v) is 10.5. The van der Waals surface area contributed by atoms with Crippen molar-refractivity contribution in [2.75, 3.05) is 24.8 Å². The van der Waals surface area contributed by atoms with E-state index >= 15 is 0 Å². The monoisotopic (exact) mass is 244 g/mol. The number of nitrogen functional groups attached to an aromatic ring is 1. The summed E-state index contributed by atoms with van der Waals surface area (Å²) < 4.78 is 5.11. The molecule has 18 heavy (non-hydrogen) atoms. The second-order valence-corrected chi connectivity index (χ2v) is 3.98. The summed E-state index contributed by atoms with van der Waals surface area (Å²) in [5, 5.41) is 0. The summed E-state index contributed by atoms with van der Waals surface area (Å²) in [4.78, 5) is 10.3. The molecule has 0 unspecified atom stereocenters. The van der Waals surface area contributed by atoms with Gasteiger partial charge in [-0.15, -0.1) is 0 Å². The molecule has 0 aromatic carbocycles. The smallest absolute Gasteiger partial charge is 0.215 e. The highest BCUT2D eigenvalue weighted by Crippen LogP contribution is 2.23. The van der Waals surface area contributed by atoms with Gasteiger partial charge >= 0.3 is 0 Å². The van der Waals surface area contributed by atoms with Gasteiger partial charge in [0.1, 0.15) is 0 Å². The molecule has 0 fully saturated rings. The number of hydrogen-bond acceptors (Lipinski definition) is 5. The second-order valence-electron chi connectivity index (χ2n) is 3.98. The highest BCUT2D eigenvalue weighted by molar-refractivity contribution is 5.63. The van der Waals surface area contributed by atoms with Crippen LogP contribution < -0.4 is 15.4 Å². The summed E-state index contributed by atoms with van der Waals surface area (Å²) in [7, 11) is 3.53. The molecule has 2 N–H and O–H groups in total. The zero-order chi connectivity index (χ0) is 13.0. The van der Waals surface area contributed by atoms with E-state index in [0.717, 1.165) is 5.56 Å². The van der Waals surface area contributed by atoms with Crippen molar-refractivity contribution >= 4 is 11.5 Å². The predicted octanol–water partition coefficient (Wildman–Crippen LogP) is 1.70. The Balaban J connectivity index is 2.20. The molecule has 0 aliphatic carbocycles. The van der Waals surface area contributed by atoms with Crippen LogP contribution >= 0.6 is 0 Å². The fraction of sp³-hybridized carbons (Fsp3) is 0.231. The Bertz CT molecular complexity index is 516. The molecule has 94 valence electrons. The van der Waals surface area contributed by atoms with Crippen LogP contribution in [0.1, 0.15) is 5.56 Å². The lowest BCUT2D eigenvalue weighted by Crippen LogP contribution is -2.19. The lowest BCUT2D eigenvalue weighted by Gasteiger charge is -2.20.